The van der Waals surface area contributed by atoms with E-state index in [4.69, 9.17) is 24.2 Å². The van der Waals surface area contributed by atoms with E-state index in [1.807, 2.05) is 18.2 Å². The Morgan fingerprint density at radius 2 is 1.95 bits per heavy atom. The minimum atomic E-state index is -3.89. The summed E-state index contributed by atoms with van der Waals surface area (Å²) in [6.45, 7) is -0.615. The molecule has 4 rings (SSSR count). The Labute approximate surface area is 260 Å². The maximum Gasteiger partial charge on any atom is 0.373 e. The Balaban J connectivity index is 0.00000169. The molecule has 4 aromatic rings. The number of carbonyl (C=O) groups is 1. The van der Waals surface area contributed by atoms with E-state index in [1.165, 1.54) is 4.68 Å². The van der Waals surface area contributed by atoms with Gasteiger partial charge in [-0.15, -0.1) is 16.4 Å². The van der Waals surface area contributed by atoms with Crippen molar-refractivity contribution in [1.82, 2.24) is 20.0 Å². The maximum atomic E-state index is 13.0. The van der Waals surface area contributed by atoms with E-state index in [0.29, 0.717) is 40.3 Å². The molecule has 13 nitrogen and oxygen atoms in total. The van der Waals surface area contributed by atoms with Gasteiger partial charge in [0.25, 0.3) is 10.0 Å². The fourth-order valence-electron chi connectivity index (χ4n) is 3.94. The first-order valence-corrected chi connectivity index (χ1v) is 16.7. The predicted molar refractivity (Wildman–Crippen MR) is 159 cm³/mol. The molecule has 0 aliphatic rings. The summed E-state index contributed by atoms with van der Waals surface area (Å²) in [5.41, 5.74) is 1.99. The lowest BCUT2D eigenvalue weighted by Gasteiger charge is -2.14. The first kappa shape index (κ1) is 34.8. The number of ether oxygens (including phenoxy) is 2. The lowest BCUT2D eigenvalue weighted by atomic mass is 10.1. The van der Waals surface area contributed by atoms with E-state index in [9.17, 15) is 22.7 Å². The fourth-order valence-corrected chi connectivity index (χ4v) is 6.48. The number of rotatable bonds is 17. The number of thioether (sulfide) groups is 1. The highest BCUT2D eigenvalue weighted by molar-refractivity contribution is 7.98. The van der Waals surface area contributed by atoms with E-state index < -0.39 is 22.7 Å². The number of hydrogen-bond donors (Lipinski definition) is 2. The molecule has 2 heterocycles. The van der Waals surface area contributed by atoms with Crippen molar-refractivity contribution in [3.8, 4) is 11.5 Å². The number of aromatic nitrogens is 4. The molecule has 1 unspecified atom stereocenters. The van der Waals surface area contributed by atoms with Gasteiger partial charge < -0.3 is 14.6 Å². The Kier molecular flexibility index (Phi) is 13.9. The Morgan fingerprint density at radius 1 is 1.18 bits per heavy atom. The van der Waals surface area contributed by atoms with Crippen LogP contribution in [0.3, 0.4) is 0 Å². The molecule has 1 atom stereocenters. The van der Waals surface area contributed by atoms with Crippen molar-refractivity contribution in [1.29, 1.82) is 0 Å². The van der Waals surface area contributed by atoms with Gasteiger partial charge >= 0.3 is 6.15 Å². The molecule has 236 valence electrons. The van der Waals surface area contributed by atoms with Crippen molar-refractivity contribution in [2.45, 2.75) is 42.0 Å². The molecule has 2 aromatic carbocycles. The Hall–Kier alpha value is -3.73. The summed E-state index contributed by atoms with van der Waals surface area (Å²) in [6.07, 6.45) is 3.08. The number of ketones is 1. The molecule has 0 spiro atoms. The minimum absolute atomic E-state index is 0.0314. The summed E-state index contributed by atoms with van der Waals surface area (Å²) in [4.78, 5) is 33.2. The van der Waals surface area contributed by atoms with Gasteiger partial charge in [-0.1, -0.05) is 17.3 Å². The van der Waals surface area contributed by atoms with Crippen LogP contribution in [0.2, 0.25) is 0 Å². The van der Waals surface area contributed by atoms with Crippen LogP contribution in [0.25, 0.3) is 10.2 Å². The van der Waals surface area contributed by atoms with Gasteiger partial charge in [-0.2, -0.15) is 21.4 Å². The Bertz CT molecular complexity index is 1660. The number of aliphatic hydroxyl groups is 1. The van der Waals surface area contributed by atoms with Crippen LogP contribution in [0.4, 0.5) is 4.39 Å². The molecule has 2 aromatic heterocycles. The molecule has 0 fully saturated rings. The molecular weight excluding hydrogens is 638 g/mol. The summed E-state index contributed by atoms with van der Waals surface area (Å²) < 4.78 is 48.4. The molecule has 0 saturated carbocycles. The van der Waals surface area contributed by atoms with Crippen molar-refractivity contribution in [2.24, 2.45) is 5.14 Å². The predicted octanol–water partition coefficient (Wildman–Crippen LogP) is 3.09. The number of benzene rings is 2. The average molecular weight is 668 g/mol. The summed E-state index contributed by atoms with van der Waals surface area (Å²) in [5, 5.41) is 22.9. The standard InChI is InChI=1S/C26H30FN5O6S3.CO2/c27-9-11-37-20-4-1-3-18(13-20)17-39-12-2-5-24(34)23(8-10-33)32-15-19(30-31-32)16-38-21-6-7-25-22(14-21)29-26(40-25)41(28,35)36;2-1-3/h1,3-4,6-7,13-15,23,33H,2,5,8-12,16-17H2,(H2,28,35,36);. The number of hydrogen-bond acceptors (Lipinski definition) is 13. The van der Waals surface area contributed by atoms with Gasteiger partial charge in [0.2, 0.25) is 4.34 Å². The van der Waals surface area contributed by atoms with E-state index in [1.54, 1.807) is 42.2 Å². The molecule has 17 heteroatoms. The van der Waals surface area contributed by atoms with Gasteiger partial charge in [0, 0.05) is 31.3 Å². The second-order valence-electron chi connectivity index (χ2n) is 9.05. The molecule has 0 bridgehead atoms. The number of aliphatic hydroxyl groups excluding tert-OH is 1. The first-order chi connectivity index (χ1) is 21.2. The van der Waals surface area contributed by atoms with Crippen LogP contribution in [0.5, 0.6) is 11.5 Å². The smallest absolute Gasteiger partial charge is 0.373 e. The highest BCUT2D eigenvalue weighted by Gasteiger charge is 2.21. The number of nitrogens with two attached hydrogens (primary N) is 1. The third kappa shape index (κ3) is 10.8. The normalized spacial score (nSPS) is 11.8. The van der Waals surface area contributed by atoms with Gasteiger partial charge in [-0.05, 0) is 42.0 Å². The lowest BCUT2D eigenvalue weighted by molar-refractivity contribution is -0.191. The van der Waals surface area contributed by atoms with Crippen LogP contribution in [0, 0.1) is 0 Å². The third-order valence-electron chi connectivity index (χ3n) is 5.85. The average Bonchev–Trinajstić information content (AvgIpc) is 3.65. The zero-order valence-electron chi connectivity index (χ0n) is 23.3. The highest BCUT2D eigenvalue weighted by atomic mass is 32.2. The molecule has 0 saturated heterocycles. The number of primary sulfonamides is 1. The van der Waals surface area contributed by atoms with Crippen molar-refractivity contribution in [3.63, 3.8) is 0 Å². The SMILES string of the molecule is NS(=O)(=O)c1nc2cc(OCc3cn(C(CCO)C(=O)CCCSCc4cccc(OCCF)c4)nn3)ccc2s1.O=C=O. The number of carbonyl (C=O) groups excluding carboxylic acids is 3. The molecule has 0 amide bonds. The minimum Gasteiger partial charge on any atom is -0.491 e. The van der Waals surface area contributed by atoms with E-state index in [-0.39, 0.29) is 42.5 Å². The molecular formula is C27H30FN5O8S3. The number of fused-ring (bicyclic) bond motifs is 1. The number of alkyl halides is 1. The van der Waals surface area contributed by atoms with Gasteiger partial charge in [-0.25, -0.2) is 27.6 Å². The van der Waals surface area contributed by atoms with E-state index >= 15 is 0 Å². The van der Waals surface area contributed by atoms with E-state index in [2.05, 4.69) is 15.3 Å². The van der Waals surface area contributed by atoms with Gasteiger partial charge in [0.15, 0.2) is 5.78 Å². The molecule has 0 aliphatic heterocycles. The van der Waals surface area contributed by atoms with Gasteiger partial charge in [0.1, 0.15) is 43.1 Å². The number of thiazole rings is 1. The fraction of sp³-hybridized carbons (Fsp3) is 0.370. The monoisotopic (exact) mass is 667 g/mol. The molecule has 3 N–H and O–H groups in total. The number of sulfonamides is 1. The topological polar surface area (TPSA) is 194 Å². The number of nitrogens with zero attached hydrogens (tertiary/aromatic N) is 4. The largest absolute Gasteiger partial charge is 0.491 e. The number of halogens is 1. The summed E-state index contributed by atoms with van der Waals surface area (Å²) >= 11 is 2.67. The van der Waals surface area contributed by atoms with Crippen molar-refractivity contribution >= 4 is 55.3 Å². The highest BCUT2D eigenvalue weighted by Crippen LogP contribution is 2.28. The maximum absolute atomic E-state index is 13.0. The molecule has 0 radical (unpaired) electrons. The van der Waals surface area contributed by atoms with Crippen LogP contribution in [0.1, 0.15) is 36.6 Å². The zero-order chi connectivity index (χ0) is 32.0. The van der Waals surface area contributed by atoms with Crippen LogP contribution in [-0.2, 0) is 36.8 Å². The van der Waals surface area contributed by atoms with Crippen molar-refractivity contribution < 1.29 is 41.8 Å². The van der Waals surface area contributed by atoms with Crippen LogP contribution in [0.15, 0.2) is 53.0 Å². The second-order valence-corrected chi connectivity index (χ2v) is 12.9. The quantitative estimate of drug-likeness (QED) is 0.157. The lowest BCUT2D eigenvalue weighted by Crippen LogP contribution is -2.21. The summed E-state index contributed by atoms with van der Waals surface area (Å²) in [5.74, 6) is 2.57. The number of Topliss-reactive ketones (excluding diaryl/α,β-unsaturated/α-hetero) is 1. The first-order valence-electron chi connectivity index (χ1n) is 13.1. The van der Waals surface area contributed by atoms with Gasteiger partial charge in [-0.3, -0.25) is 4.79 Å². The van der Waals surface area contributed by atoms with Crippen LogP contribution in [-0.4, -0.2) is 71.1 Å². The summed E-state index contributed by atoms with van der Waals surface area (Å²) in [7, 11) is -3.89. The third-order valence-corrected chi connectivity index (χ3v) is 9.32. The van der Waals surface area contributed by atoms with Gasteiger partial charge in [0.05, 0.1) is 16.4 Å². The van der Waals surface area contributed by atoms with Crippen LogP contribution >= 0.6 is 23.1 Å². The summed E-state index contributed by atoms with van der Waals surface area (Å²) in [6, 6.07) is 11.9. The molecule has 44 heavy (non-hydrogen) atoms. The molecule has 0 aliphatic carbocycles. The van der Waals surface area contributed by atoms with Crippen LogP contribution < -0.4 is 14.6 Å². The second kappa shape index (κ2) is 17.5. The Morgan fingerprint density at radius 3 is 2.68 bits per heavy atom. The zero-order valence-corrected chi connectivity index (χ0v) is 25.8. The van der Waals surface area contributed by atoms with Crippen molar-refractivity contribution in [3.05, 3.63) is 59.9 Å². The van der Waals surface area contributed by atoms with E-state index in [0.717, 1.165) is 28.4 Å². The van der Waals surface area contributed by atoms with Crippen molar-refractivity contribution in [2.75, 3.05) is 25.6 Å².